The lowest BCUT2D eigenvalue weighted by Crippen LogP contribution is -2.42. The number of hydrogen-bond acceptors (Lipinski definition) is 11. The summed E-state index contributed by atoms with van der Waals surface area (Å²) in [6.45, 7) is 6.13. The van der Waals surface area contributed by atoms with Crippen LogP contribution in [-0.2, 0) is 14.3 Å². The number of hydrogen-bond donors (Lipinski definition) is 1. The Morgan fingerprint density at radius 2 is 2.14 bits per heavy atom. The molecule has 188 valence electrons. The maximum atomic E-state index is 13.6. The van der Waals surface area contributed by atoms with Gasteiger partial charge in [-0.3, -0.25) is 14.5 Å². The first kappa shape index (κ1) is 25.7. The first-order valence-electron chi connectivity index (χ1n) is 11.4. The second kappa shape index (κ2) is 10.3. The minimum absolute atomic E-state index is 0.0271. The number of ether oxygens (including phenoxy) is 2. The first-order valence-corrected chi connectivity index (χ1v) is 13.2. The van der Waals surface area contributed by atoms with Gasteiger partial charge in [0, 0.05) is 17.7 Å². The summed E-state index contributed by atoms with van der Waals surface area (Å²) in [6.07, 6.45) is 0.925. The molecule has 1 unspecified atom stereocenters. The molecule has 9 nitrogen and oxygen atoms in total. The second-order valence-electron chi connectivity index (χ2n) is 9.20. The molecular formula is C25H27N5O4S2. The molecule has 1 aromatic heterocycles. The molecule has 2 heterocycles. The number of methoxy groups -OCH3 is 1. The van der Waals surface area contributed by atoms with Gasteiger partial charge in [0.25, 0.3) is 0 Å². The molecule has 1 atom stereocenters. The molecule has 11 heteroatoms. The number of carbonyl (C=O) groups is 2. The lowest BCUT2D eigenvalue weighted by atomic mass is 9.68. The van der Waals surface area contributed by atoms with Crippen molar-refractivity contribution in [3.05, 3.63) is 52.5 Å². The number of rotatable bonds is 7. The van der Waals surface area contributed by atoms with Gasteiger partial charge in [-0.05, 0) is 36.5 Å². The van der Waals surface area contributed by atoms with E-state index in [0.29, 0.717) is 40.2 Å². The molecule has 1 aliphatic heterocycles. The van der Waals surface area contributed by atoms with Crippen molar-refractivity contribution in [2.75, 3.05) is 24.4 Å². The summed E-state index contributed by atoms with van der Waals surface area (Å²) in [5.74, 6) is -0.0220. The third-order valence-corrected chi connectivity index (χ3v) is 8.03. The SMILES string of the molecule is CCOC(=O)CSc1nnc(N2C(N)=C(C#N)C(c3cccc(OC)c3)C3=C2CC(C)(C)CC3=O)s1. The fourth-order valence-corrected chi connectivity index (χ4v) is 6.23. The van der Waals surface area contributed by atoms with Gasteiger partial charge in [0.05, 0.1) is 37.0 Å². The molecule has 36 heavy (non-hydrogen) atoms. The van der Waals surface area contributed by atoms with Crippen LogP contribution in [0.5, 0.6) is 5.75 Å². The molecule has 0 spiro atoms. The molecule has 4 rings (SSSR count). The highest BCUT2D eigenvalue weighted by Gasteiger charge is 2.45. The number of nitrogens with zero attached hydrogens (tertiary/aromatic N) is 4. The van der Waals surface area contributed by atoms with Gasteiger partial charge in [-0.2, -0.15) is 5.26 Å². The molecule has 2 aromatic rings. The minimum atomic E-state index is -0.606. The lowest BCUT2D eigenvalue weighted by Gasteiger charge is -2.42. The molecule has 1 aromatic carbocycles. The smallest absolute Gasteiger partial charge is 0.316 e. The molecule has 0 fully saturated rings. The minimum Gasteiger partial charge on any atom is -0.497 e. The van der Waals surface area contributed by atoms with Crippen molar-refractivity contribution >= 4 is 40.0 Å². The summed E-state index contributed by atoms with van der Waals surface area (Å²) >= 11 is 2.46. The quantitative estimate of drug-likeness (QED) is 0.415. The Labute approximate surface area is 218 Å². The summed E-state index contributed by atoms with van der Waals surface area (Å²) in [5.41, 5.74) is 8.64. The van der Waals surface area contributed by atoms with Crippen LogP contribution in [0, 0.1) is 16.7 Å². The largest absolute Gasteiger partial charge is 0.497 e. The Hall–Kier alpha value is -3.36. The number of anilines is 1. The third kappa shape index (κ3) is 4.96. The summed E-state index contributed by atoms with van der Waals surface area (Å²) in [6, 6.07) is 9.61. The van der Waals surface area contributed by atoms with E-state index in [0.717, 1.165) is 11.3 Å². The van der Waals surface area contributed by atoms with E-state index in [2.05, 4.69) is 16.3 Å². The van der Waals surface area contributed by atoms with Crippen molar-refractivity contribution in [3.8, 4) is 11.8 Å². The van der Waals surface area contributed by atoms with E-state index in [4.69, 9.17) is 15.2 Å². The molecule has 1 aliphatic carbocycles. The highest BCUT2D eigenvalue weighted by Crippen LogP contribution is 2.51. The average Bonchev–Trinajstić information content (AvgIpc) is 3.30. The van der Waals surface area contributed by atoms with E-state index < -0.39 is 5.92 Å². The van der Waals surface area contributed by atoms with E-state index >= 15 is 0 Å². The predicted molar refractivity (Wildman–Crippen MR) is 137 cm³/mol. The fourth-order valence-electron chi connectivity index (χ4n) is 4.56. The fraction of sp³-hybridized carbons (Fsp3) is 0.400. The van der Waals surface area contributed by atoms with E-state index in [-0.39, 0.29) is 34.3 Å². The van der Waals surface area contributed by atoms with Crippen LogP contribution in [0.1, 0.15) is 45.1 Å². The molecule has 0 amide bonds. The topological polar surface area (TPSA) is 131 Å². The summed E-state index contributed by atoms with van der Waals surface area (Å²) < 4.78 is 10.9. The summed E-state index contributed by atoms with van der Waals surface area (Å²) in [5, 5.41) is 19.1. The Balaban J connectivity index is 1.81. The number of nitriles is 1. The number of allylic oxidation sites excluding steroid dienone is 3. The molecule has 0 bridgehead atoms. The van der Waals surface area contributed by atoms with Crippen molar-refractivity contribution in [2.24, 2.45) is 11.1 Å². The van der Waals surface area contributed by atoms with Gasteiger partial charge in [-0.1, -0.05) is 49.1 Å². The van der Waals surface area contributed by atoms with Crippen molar-refractivity contribution in [2.45, 2.75) is 43.9 Å². The predicted octanol–water partition coefficient (Wildman–Crippen LogP) is 4.14. The molecular weight excluding hydrogens is 498 g/mol. The van der Waals surface area contributed by atoms with Crippen LogP contribution in [0.15, 0.2) is 51.3 Å². The van der Waals surface area contributed by atoms with Crippen LogP contribution in [0.2, 0.25) is 0 Å². The summed E-state index contributed by atoms with van der Waals surface area (Å²) in [4.78, 5) is 27.0. The molecule has 0 saturated heterocycles. The van der Waals surface area contributed by atoms with E-state index in [1.54, 1.807) is 18.9 Å². The zero-order valence-electron chi connectivity index (χ0n) is 20.5. The van der Waals surface area contributed by atoms with Gasteiger partial charge in [-0.25, -0.2) is 0 Å². The standard InChI is InChI=1S/C25H27N5O4S2/c1-5-34-19(32)13-35-24-29-28-23(36-24)30-17-10-25(2,3)11-18(31)21(17)20(16(12-26)22(30)27)14-7-6-8-15(9-14)33-4/h6-9,20H,5,10-11,13,27H2,1-4H3. The average molecular weight is 526 g/mol. The Bertz CT molecular complexity index is 1310. The number of benzene rings is 1. The van der Waals surface area contributed by atoms with Crippen LogP contribution in [-0.4, -0.2) is 41.4 Å². The van der Waals surface area contributed by atoms with Crippen LogP contribution >= 0.6 is 23.1 Å². The maximum Gasteiger partial charge on any atom is 0.316 e. The molecule has 0 radical (unpaired) electrons. The number of thioether (sulfide) groups is 1. The Morgan fingerprint density at radius 1 is 1.36 bits per heavy atom. The van der Waals surface area contributed by atoms with Crippen molar-refractivity contribution < 1.29 is 19.1 Å². The number of nitrogens with two attached hydrogens (primary N) is 1. The van der Waals surface area contributed by atoms with Gasteiger partial charge in [-0.15, -0.1) is 10.2 Å². The van der Waals surface area contributed by atoms with E-state index in [1.807, 2.05) is 38.1 Å². The zero-order chi connectivity index (χ0) is 26.0. The van der Waals surface area contributed by atoms with Gasteiger partial charge in [0.15, 0.2) is 10.1 Å². The monoisotopic (exact) mass is 525 g/mol. The molecule has 0 saturated carbocycles. The van der Waals surface area contributed by atoms with E-state index in [9.17, 15) is 14.9 Å². The highest BCUT2D eigenvalue weighted by atomic mass is 32.2. The normalized spacial score (nSPS) is 19.1. The number of aromatic nitrogens is 2. The number of Topliss-reactive ketones (excluding diaryl/α,β-unsaturated/α-hetero) is 1. The van der Waals surface area contributed by atoms with Crippen molar-refractivity contribution in [1.82, 2.24) is 10.2 Å². The first-order chi connectivity index (χ1) is 17.2. The number of carbonyl (C=O) groups excluding carboxylic acids is 2. The van der Waals surface area contributed by atoms with Crippen molar-refractivity contribution in [3.63, 3.8) is 0 Å². The maximum absolute atomic E-state index is 13.6. The van der Waals surface area contributed by atoms with Gasteiger partial charge in [0.2, 0.25) is 5.13 Å². The van der Waals surface area contributed by atoms with Gasteiger partial charge < -0.3 is 15.2 Å². The van der Waals surface area contributed by atoms with E-state index in [1.165, 1.54) is 23.1 Å². The van der Waals surface area contributed by atoms with Crippen LogP contribution in [0.25, 0.3) is 0 Å². The summed E-state index contributed by atoms with van der Waals surface area (Å²) in [7, 11) is 1.57. The second-order valence-corrected chi connectivity index (χ2v) is 11.4. The Kier molecular flexibility index (Phi) is 7.38. The van der Waals surface area contributed by atoms with Crippen LogP contribution in [0.3, 0.4) is 0 Å². The van der Waals surface area contributed by atoms with Crippen LogP contribution in [0.4, 0.5) is 5.13 Å². The third-order valence-electron chi connectivity index (χ3n) is 6.01. The number of esters is 1. The van der Waals surface area contributed by atoms with Crippen molar-refractivity contribution in [1.29, 1.82) is 5.26 Å². The van der Waals surface area contributed by atoms with Gasteiger partial charge in [0.1, 0.15) is 11.6 Å². The zero-order valence-corrected chi connectivity index (χ0v) is 22.2. The Morgan fingerprint density at radius 3 is 2.83 bits per heavy atom. The lowest BCUT2D eigenvalue weighted by molar-refractivity contribution is -0.139. The molecule has 2 aliphatic rings. The van der Waals surface area contributed by atoms with Gasteiger partial charge >= 0.3 is 5.97 Å². The highest BCUT2D eigenvalue weighted by molar-refractivity contribution is 8.01. The number of ketones is 1. The molecule has 2 N–H and O–H groups in total. The van der Waals surface area contributed by atoms with Crippen LogP contribution < -0.4 is 15.4 Å².